The average molecular weight is 253 g/mol. The quantitative estimate of drug-likeness (QED) is 0.650. The van der Waals surface area contributed by atoms with Gasteiger partial charge in [-0.25, -0.2) is 18.6 Å². The molecule has 1 aromatic carbocycles. The first-order valence-electron chi connectivity index (χ1n) is 5.13. The molecule has 3 nitrogen and oxygen atoms in total. The zero-order valence-electron chi connectivity index (χ0n) is 9.20. The number of aromatic nitrogens is 1. The summed E-state index contributed by atoms with van der Waals surface area (Å²) < 4.78 is 39.8. The minimum absolute atomic E-state index is 0.164. The second-order valence-electron chi connectivity index (χ2n) is 3.70. The molecule has 0 saturated heterocycles. The average Bonchev–Trinajstić information content (AvgIpc) is 2.31. The van der Waals surface area contributed by atoms with Gasteiger partial charge in [-0.1, -0.05) is 0 Å². The summed E-state index contributed by atoms with van der Waals surface area (Å²) >= 11 is 0. The number of nitrogens with two attached hydrogens (primary N) is 1. The third kappa shape index (κ3) is 2.49. The van der Waals surface area contributed by atoms with E-state index < -0.39 is 23.5 Å². The Hall–Kier alpha value is -1.92. The Morgan fingerprint density at radius 2 is 1.78 bits per heavy atom. The smallest absolute Gasteiger partial charge is 0.146 e. The highest BCUT2D eigenvalue weighted by Crippen LogP contribution is 2.24. The molecule has 1 aromatic heterocycles. The van der Waals surface area contributed by atoms with Gasteiger partial charge in [0.25, 0.3) is 0 Å². The van der Waals surface area contributed by atoms with Crippen molar-refractivity contribution in [2.24, 2.45) is 5.84 Å². The maximum Gasteiger partial charge on any atom is 0.146 e. The molecule has 6 heteroatoms. The molecular weight excluding hydrogens is 243 g/mol. The van der Waals surface area contributed by atoms with Gasteiger partial charge in [0.05, 0.1) is 12.2 Å². The molecule has 1 heterocycles. The van der Waals surface area contributed by atoms with Crippen LogP contribution in [0.4, 0.5) is 13.2 Å². The monoisotopic (exact) mass is 253 g/mol. The Bertz CT molecular complexity index is 540. The summed E-state index contributed by atoms with van der Waals surface area (Å²) in [6.07, 6.45) is 2.38. The van der Waals surface area contributed by atoms with Crippen LogP contribution >= 0.6 is 0 Å². The Labute approximate surface area is 101 Å². The van der Waals surface area contributed by atoms with Crippen molar-refractivity contribution in [1.82, 2.24) is 10.4 Å². The number of rotatable bonds is 3. The number of benzene rings is 1. The van der Waals surface area contributed by atoms with Crippen LogP contribution in [0.3, 0.4) is 0 Å². The number of halogens is 3. The molecule has 0 fully saturated rings. The van der Waals surface area contributed by atoms with Crippen LogP contribution in [0.25, 0.3) is 0 Å². The second-order valence-corrected chi connectivity index (χ2v) is 3.70. The standard InChI is InChI=1S/C12H10F3N3/c13-8-3-7(4-9(14)5-8)12(18-16)10-1-2-17-6-11(10)15/h1-6,12,18H,16H2. The predicted molar refractivity (Wildman–Crippen MR) is 59.7 cm³/mol. The Morgan fingerprint density at radius 3 is 2.33 bits per heavy atom. The van der Waals surface area contributed by atoms with E-state index in [-0.39, 0.29) is 11.1 Å². The highest BCUT2D eigenvalue weighted by atomic mass is 19.1. The van der Waals surface area contributed by atoms with Crippen LogP contribution in [0.5, 0.6) is 0 Å². The first kappa shape index (κ1) is 12.5. The van der Waals surface area contributed by atoms with Gasteiger partial charge < -0.3 is 0 Å². The normalized spacial score (nSPS) is 12.4. The van der Waals surface area contributed by atoms with Gasteiger partial charge in [0.1, 0.15) is 17.5 Å². The van der Waals surface area contributed by atoms with Crippen molar-refractivity contribution >= 4 is 0 Å². The molecule has 0 saturated carbocycles. The molecule has 18 heavy (non-hydrogen) atoms. The van der Waals surface area contributed by atoms with Crippen LogP contribution in [-0.4, -0.2) is 4.98 Å². The molecule has 0 amide bonds. The van der Waals surface area contributed by atoms with Crippen LogP contribution in [-0.2, 0) is 0 Å². The highest BCUT2D eigenvalue weighted by molar-refractivity contribution is 5.31. The summed E-state index contributed by atoms with van der Waals surface area (Å²) in [6, 6.07) is 3.46. The fourth-order valence-electron chi connectivity index (χ4n) is 1.73. The first-order chi connectivity index (χ1) is 8.61. The lowest BCUT2D eigenvalue weighted by Crippen LogP contribution is -2.29. The van der Waals surface area contributed by atoms with Crippen molar-refractivity contribution < 1.29 is 13.2 Å². The Kier molecular flexibility index (Phi) is 3.59. The zero-order valence-corrected chi connectivity index (χ0v) is 9.20. The SMILES string of the molecule is NNC(c1cc(F)cc(F)c1)c1ccncc1F. The Morgan fingerprint density at radius 1 is 1.11 bits per heavy atom. The molecule has 1 unspecified atom stereocenters. The summed E-state index contributed by atoms with van der Waals surface area (Å²) in [6.45, 7) is 0. The van der Waals surface area contributed by atoms with Gasteiger partial charge in [0.2, 0.25) is 0 Å². The van der Waals surface area contributed by atoms with E-state index in [0.29, 0.717) is 0 Å². The summed E-state index contributed by atoms with van der Waals surface area (Å²) in [5.41, 5.74) is 2.69. The van der Waals surface area contributed by atoms with E-state index in [0.717, 1.165) is 24.4 Å². The van der Waals surface area contributed by atoms with E-state index in [1.807, 2.05) is 0 Å². The van der Waals surface area contributed by atoms with Crippen molar-refractivity contribution in [2.45, 2.75) is 6.04 Å². The number of hydrogen-bond donors (Lipinski definition) is 2. The van der Waals surface area contributed by atoms with E-state index >= 15 is 0 Å². The molecule has 2 aromatic rings. The minimum Gasteiger partial charge on any atom is -0.271 e. The van der Waals surface area contributed by atoms with Gasteiger partial charge in [-0.15, -0.1) is 0 Å². The molecule has 0 aliphatic rings. The van der Waals surface area contributed by atoms with Crippen molar-refractivity contribution in [3.05, 3.63) is 65.2 Å². The number of pyridine rings is 1. The van der Waals surface area contributed by atoms with E-state index in [9.17, 15) is 13.2 Å². The van der Waals surface area contributed by atoms with E-state index in [4.69, 9.17) is 5.84 Å². The molecule has 0 aliphatic heterocycles. The van der Waals surface area contributed by atoms with E-state index in [1.54, 1.807) is 0 Å². The summed E-state index contributed by atoms with van der Waals surface area (Å²) in [5.74, 6) is 3.22. The third-order valence-corrected chi connectivity index (χ3v) is 2.50. The molecule has 0 radical (unpaired) electrons. The summed E-state index contributed by atoms with van der Waals surface area (Å²) in [5, 5.41) is 0. The summed E-state index contributed by atoms with van der Waals surface area (Å²) in [4.78, 5) is 3.60. The molecule has 0 bridgehead atoms. The number of nitrogens with one attached hydrogen (secondary N) is 1. The van der Waals surface area contributed by atoms with Crippen LogP contribution in [0.1, 0.15) is 17.2 Å². The number of nitrogens with zero attached hydrogens (tertiary/aromatic N) is 1. The van der Waals surface area contributed by atoms with Crippen molar-refractivity contribution in [2.75, 3.05) is 0 Å². The van der Waals surface area contributed by atoms with E-state index in [2.05, 4.69) is 10.4 Å². The summed E-state index contributed by atoms with van der Waals surface area (Å²) in [7, 11) is 0. The van der Waals surface area contributed by atoms with Gasteiger partial charge in [-0.05, 0) is 23.8 Å². The van der Waals surface area contributed by atoms with Gasteiger partial charge in [0.15, 0.2) is 0 Å². The highest BCUT2D eigenvalue weighted by Gasteiger charge is 2.18. The lowest BCUT2D eigenvalue weighted by atomic mass is 9.99. The van der Waals surface area contributed by atoms with Gasteiger partial charge in [0, 0.05) is 17.8 Å². The first-order valence-corrected chi connectivity index (χ1v) is 5.13. The minimum atomic E-state index is -0.849. The number of hydrazine groups is 1. The van der Waals surface area contributed by atoms with Crippen molar-refractivity contribution in [1.29, 1.82) is 0 Å². The zero-order chi connectivity index (χ0) is 13.1. The molecule has 3 N–H and O–H groups in total. The number of hydrogen-bond acceptors (Lipinski definition) is 3. The van der Waals surface area contributed by atoms with Crippen LogP contribution in [0.15, 0.2) is 36.7 Å². The lowest BCUT2D eigenvalue weighted by molar-refractivity contribution is 0.541. The Balaban J connectivity index is 2.48. The predicted octanol–water partition coefficient (Wildman–Crippen LogP) is 2.05. The maximum absolute atomic E-state index is 13.6. The molecule has 2 rings (SSSR count). The van der Waals surface area contributed by atoms with E-state index in [1.165, 1.54) is 12.3 Å². The lowest BCUT2D eigenvalue weighted by Gasteiger charge is -2.17. The topological polar surface area (TPSA) is 50.9 Å². The third-order valence-electron chi connectivity index (χ3n) is 2.50. The molecule has 0 aliphatic carbocycles. The molecular formula is C12H10F3N3. The fraction of sp³-hybridized carbons (Fsp3) is 0.0833. The molecule has 1 atom stereocenters. The fourth-order valence-corrected chi connectivity index (χ4v) is 1.73. The van der Waals surface area contributed by atoms with Gasteiger partial charge >= 0.3 is 0 Å². The second kappa shape index (κ2) is 5.16. The van der Waals surface area contributed by atoms with Crippen molar-refractivity contribution in [3.8, 4) is 0 Å². The molecule has 0 spiro atoms. The van der Waals surface area contributed by atoms with Crippen LogP contribution in [0.2, 0.25) is 0 Å². The molecule has 94 valence electrons. The van der Waals surface area contributed by atoms with Crippen LogP contribution < -0.4 is 11.3 Å². The largest absolute Gasteiger partial charge is 0.271 e. The van der Waals surface area contributed by atoms with Crippen LogP contribution in [0, 0.1) is 17.5 Å². The van der Waals surface area contributed by atoms with Crippen molar-refractivity contribution in [3.63, 3.8) is 0 Å². The van der Waals surface area contributed by atoms with Gasteiger partial charge in [-0.3, -0.25) is 10.8 Å². The van der Waals surface area contributed by atoms with Gasteiger partial charge in [-0.2, -0.15) is 0 Å². The maximum atomic E-state index is 13.6.